The molecule has 0 saturated heterocycles. The van der Waals surface area contributed by atoms with E-state index in [1.165, 1.54) is 40.7 Å². The summed E-state index contributed by atoms with van der Waals surface area (Å²) in [5.41, 5.74) is 5.40. The van der Waals surface area contributed by atoms with E-state index in [1.807, 2.05) is 0 Å². The normalized spacial score (nSPS) is 11.6. The van der Waals surface area contributed by atoms with Crippen LogP contribution in [0.4, 0.5) is 0 Å². The van der Waals surface area contributed by atoms with E-state index in [-0.39, 0.29) is 7.21 Å². The van der Waals surface area contributed by atoms with Crippen molar-refractivity contribution in [1.29, 1.82) is 0 Å². The Kier molecular flexibility index (Phi) is 5.16. The molecule has 2 heteroatoms. The molecule has 4 rings (SSSR count). The van der Waals surface area contributed by atoms with Crippen LogP contribution in [0.25, 0.3) is 32.8 Å². The van der Waals surface area contributed by atoms with Gasteiger partial charge in [-0.2, -0.15) is 0 Å². The van der Waals surface area contributed by atoms with Crippen LogP contribution in [0.2, 0.25) is 0 Å². The van der Waals surface area contributed by atoms with Crippen molar-refractivity contribution in [3.63, 3.8) is 0 Å². The van der Waals surface area contributed by atoms with Gasteiger partial charge in [-0.3, -0.25) is 0 Å². The zero-order valence-corrected chi connectivity index (χ0v) is 16.3. The van der Waals surface area contributed by atoms with Gasteiger partial charge < -0.3 is 0 Å². The summed E-state index contributed by atoms with van der Waals surface area (Å²) in [4.78, 5) is 0. The van der Waals surface area contributed by atoms with Gasteiger partial charge in [-0.15, -0.1) is 6.58 Å². The predicted molar refractivity (Wildman–Crippen MR) is 118 cm³/mol. The monoisotopic (exact) mass is 370 g/mol. The Hall–Kier alpha value is -2.39. The number of benzene rings is 3. The van der Waals surface area contributed by atoms with Crippen molar-refractivity contribution in [2.45, 2.75) is 6.16 Å². The van der Waals surface area contributed by atoms with Crippen LogP contribution in [0.1, 0.15) is 0 Å². The largest absolute Gasteiger partial charge is 0.102 e. The Bertz CT molecular complexity index is 1000. The minimum Gasteiger partial charge on any atom is -0.102 e. The molecule has 1 heterocycles. The third-order valence-electron chi connectivity index (χ3n) is 4.41. The van der Waals surface area contributed by atoms with Crippen molar-refractivity contribution >= 4 is 15.1 Å². The first-order valence-corrected chi connectivity index (χ1v) is 11.9. The van der Waals surface area contributed by atoms with Crippen molar-refractivity contribution < 1.29 is 0 Å². The first-order chi connectivity index (χ1) is 12.9. The molecule has 0 bridgehead atoms. The van der Waals surface area contributed by atoms with Crippen LogP contribution < -0.4 is 0 Å². The molecule has 1 aromatic heterocycles. The molecular weight excluding hydrogens is 350 g/mol. The van der Waals surface area contributed by atoms with Gasteiger partial charge in [-0.1, -0.05) is 104 Å². The lowest BCUT2D eigenvalue weighted by Gasteiger charge is -2.10. The van der Waals surface area contributed by atoms with Gasteiger partial charge in [0.2, 0.25) is 0 Å². The van der Waals surface area contributed by atoms with Crippen molar-refractivity contribution in [3.8, 4) is 32.8 Å². The fourth-order valence-corrected chi connectivity index (χ4v) is 8.68. The molecule has 0 amide bonds. The maximum absolute atomic E-state index is 4.03. The van der Waals surface area contributed by atoms with Crippen LogP contribution in [0.5, 0.6) is 0 Å². The lowest BCUT2D eigenvalue weighted by Crippen LogP contribution is -1.83. The lowest BCUT2D eigenvalue weighted by molar-refractivity contribution is 1.62. The zero-order chi connectivity index (χ0) is 17.8. The molecule has 1 atom stereocenters. The lowest BCUT2D eigenvalue weighted by atomic mass is 9.98. The Morgan fingerprint density at radius 2 is 1.19 bits per heavy atom. The molecule has 3 aromatic carbocycles. The van der Waals surface area contributed by atoms with Gasteiger partial charge in [0.05, 0.1) is 0 Å². The molecule has 0 radical (unpaired) electrons. The molecule has 26 heavy (non-hydrogen) atoms. The highest BCUT2D eigenvalue weighted by Gasteiger charge is 2.20. The van der Waals surface area contributed by atoms with E-state index in [0.29, 0.717) is 0 Å². The van der Waals surface area contributed by atoms with E-state index in [9.17, 15) is 0 Å². The molecule has 0 N–H and O–H groups in total. The number of allylic oxidation sites excluding steroid dienone is 1. The first kappa shape index (κ1) is 17.0. The van der Waals surface area contributed by atoms with E-state index in [0.717, 1.165) is 6.16 Å². The van der Waals surface area contributed by atoms with E-state index >= 15 is 0 Å². The van der Waals surface area contributed by atoms with Crippen LogP contribution in [-0.2, 0) is 6.16 Å². The second-order valence-electron chi connectivity index (χ2n) is 6.14. The summed E-state index contributed by atoms with van der Waals surface area (Å²) in [6.45, 7) is 4.03. The van der Waals surface area contributed by atoms with Crippen LogP contribution >= 0.6 is 15.1 Å². The topological polar surface area (TPSA) is 0 Å². The highest BCUT2D eigenvalue weighted by Crippen LogP contribution is 2.62. The number of hydrogen-bond donors (Lipinski definition) is 0. The standard InChI is InChI=1S/C24H20P2/c1-2-18-26-24(21-16-10-5-11-17-21)22(19-12-6-3-7-13-19)23(25-26)20-14-8-4-9-15-20/h2-17H,1,18H2. The van der Waals surface area contributed by atoms with E-state index in [1.54, 1.807) is 0 Å². The molecule has 1 unspecified atom stereocenters. The highest BCUT2D eigenvalue weighted by atomic mass is 31.9. The first-order valence-electron chi connectivity index (χ1n) is 8.76. The van der Waals surface area contributed by atoms with E-state index in [2.05, 4.69) is 104 Å². The molecule has 0 spiro atoms. The van der Waals surface area contributed by atoms with E-state index < -0.39 is 0 Å². The Balaban J connectivity index is 2.05. The quantitative estimate of drug-likeness (QED) is 0.309. The van der Waals surface area contributed by atoms with Crippen LogP contribution in [0, 0.1) is 0 Å². The van der Waals surface area contributed by atoms with E-state index in [4.69, 9.17) is 0 Å². The second kappa shape index (κ2) is 7.88. The van der Waals surface area contributed by atoms with Gasteiger partial charge in [-0.05, 0) is 24.6 Å². The van der Waals surface area contributed by atoms with Gasteiger partial charge in [-0.25, -0.2) is 0 Å². The highest BCUT2D eigenvalue weighted by molar-refractivity contribution is 8.03. The summed E-state index contributed by atoms with van der Waals surface area (Å²) in [5.74, 6) is 0. The third kappa shape index (κ3) is 3.32. The third-order valence-corrected chi connectivity index (χ3v) is 9.35. The maximum Gasteiger partial charge on any atom is 0.0218 e. The van der Waals surface area contributed by atoms with Crippen molar-refractivity contribution in [2.24, 2.45) is 0 Å². The molecule has 0 aliphatic carbocycles. The molecule has 126 valence electrons. The summed E-state index contributed by atoms with van der Waals surface area (Å²) in [5, 5.41) is 2.95. The van der Waals surface area contributed by atoms with Crippen LogP contribution in [-0.4, -0.2) is 0 Å². The maximum atomic E-state index is 4.03. The van der Waals surface area contributed by atoms with Crippen molar-refractivity contribution in [3.05, 3.63) is 104 Å². The molecule has 0 aliphatic rings. The zero-order valence-electron chi connectivity index (χ0n) is 14.5. The average molecular weight is 370 g/mol. The summed E-state index contributed by atoms with van der Waals surface area (Å²) in [7, 11) is 1.11. The Morgan fingerprint density at radius 3 is 1.73 bits per heavy atom. The summed E-state index contributed by atoms with van der Waals surface area (Å²) < 4.78 is 0. The Labute approximate surface area is 157 Å². The summed E-state index contributed by atoms with van der Waals surface area (Å²) in [6.07, 6.45) is 3.13. The van der Waals surface area contributed by atoms with Crippen LogP contribution in [0.3, 0.4) is 0 Å². The SMILES string of the molecule is C=CCp1pc(-c2ccccc2)c(-c2ccccc2)c1-c1ccccc1. The van der Waals surface area contributed by atoms with Gasteiger partial charge in [0.1, 0.15) is 0 Å². The van der Waals surface area contributed by atoms with Gasteiger partial charge in [0.15, 0.2) is 0 Å². The molecule has 0 aliphatic heterocycles. The minimum atomic E-state index is -0.314. The smallest absolute Gasteiger partial charge is 0.0218 e. The van der Waals surface area contributed by atoms with Crippen molar-refractivity contribution in [1.82, 2.24) is 0 Å². The van der Waals surface area contributed by atoms with Crippen LogP contribution in [0.15, 0.2) is 104 Å². The van der Waals surface area contributed by atoms with Gasteiger partial charge in [0, 0.05) is 22.3 Å². The fourth-order valence-electron chi connectivity index (χ4n) is 3.28. The average Bonchev–Trinajstić information content (AvgIpc) is 3.09. The summed E-state index contributed by atoms with van der Waals surface area (Å²) in [6, 6.07) is 32.6. The number of hydrogen-bond acceptors (Lipinski definition) is 0. The molecular formula is C24H20P2. The van der Waals surface area contributed by atoms with Gasteiger partial charge >= 0.3 is 0 Å². The molecule has 4 aromatic rings. The summed E-state index contributed by atoms with van der Waals surface area (Å²) >= 11 is 0. The number of rotatable bonds is 5. The minimum absolute atomic E-state index is 0.314. The molecule has 0 saturated carbocycles. The van der Waals surface area contributed by atoms with Crippen molar-refractivity contribution in [2.75, 3.05) is 0 Å². The van der Waals surface area contributed by atoms with Gasteiger partial charge in [0.25, 0.3) is 0 Å². The molecule has 0 nitrogen and oxygen atoms in total. The Morgan fingerprint density at radius 1 is 0.692 bits per heavy atom. The fraction of sp³-hybridized carbons (Fsp3) is 0.0417. The molecule has 0 fully saturated rings. The second-order valence-corrected chi connectivity index (χ2v) is 10.4. The predicted octanol–water partition coefficient (Wildman–Crippen LogP) is 8.44.